The number of ether oxygens (including phenoxy) is 1. The first-order valence-electron chi connectivity index (χ1n) is 6.85. The van der Waals surface area contributed by atoms with E-state index in [4.69, 9.17) is 0 Å². The van der Waals surface area contributed by atoms with Gasteiger partial charge in [-0.25, -0.2) is 9.97 Å². The summed E-state index contributed by atoms with van der Waals surface area (Å²) in [5, 5.41) is 3.17. The number of nitrogens with one attached hydrogen (secondary N) is 1. The normalized spacial score (nSPS) is 15.3. The maximum atomic E-state index is 12.0. The summed E-state index contributed by atoms with van der Waals surface area (Å²) in [4.78, 5) is 8.87. The van der Waals surface area contributed by atoms with Gasteiger partial charge in [-0.05, 0) is 42.4 Å². The summed E-state index contributed by atoms with van der Waals surface area (Å²) in [5.41, 5.74) is 1.01. The summed E-state index contributed by atoms with van der Waals surface area (Å²) in [6.45, 7) is 1.45. The number of hydrogen-bond donors (Lipinski definition) is 1. The van der Waals surface area contributed by atoms with Gasteiger partial charge in [0.2, 0.25) is 0 Å². The Morgan fingerprint density at radius 2 is 2.05 bits per heavy atom. The molecule has 0 radical (unpaired) electrons. The molecule has 2 rings (SSSR count). The Morgan fingerprint density at radius 3 is 2.62 bits per heavy atom. The number of alkyl halides is 3. The minimum atomic E-state index is -4.29. The Kier molecular flexibility index (Phi) is 5.64. The van der Waals surface area contributed by atoms with E-state index in [9.17, 15) is 13.2 Å². The van der Waals surface area contributed by atoms with Crippen molar-refractivity contribution in [3.05, 3.63) is 15.1 Å². The molecule has 0 amide bonds. The number of nitrogens with zero attached hydrogens (tertiary/aromatic N) is 2. The SMILES string of the molecule is CCNc1nc(CCOCC(F)(F)F)nc(C2CC2)c1I. The number of halogens is 4. The molecule has 0 saturated heterocycles. The molecule has 8 heteroatoms. The van der Waals surface area contributed by atoms with E-state index >= 15 is 0 Å². The highest BCUT2D eigenvalue weighted by Crippen LogP contribution is 2.42. The zero-order valence-electron chi connectivity index (χ0n) is 11.6. The molecule has 1 saturated carbocycles. The van der Waals surface area contributed by atoms with Crippen LogP contribution < -0.4 is 5.32 Å². The Bertz CT molecular complexity index is 492. The Labute approximate surface area is 135 Å². The molecule has 0 aliphatic heterocycles. The van der Waals surface area contributed by atoms with Gasteiger partial charge in [0.05, 0.1) is 15.9 Å². The van der Waals surface area contributed by atoms with Gasteiger partial charge in [0, 0.05) is 18.9 Å². The van der Waals surface area contributed by atoms with E-state index in [1.165, 1.54) is 0 Å². The first-order valence-corrected chi connectivity index (χ1v) is 7.93. The molecule has 0 atom stereocenters. The lowest BCUT2D eigenvalue weighted by molar-refractivity contribution is -0.173. The van der Waals surface area contributed by atoms with E-state index in [-0.39, 0.29) is 13.0 Å². The lowest BCUT2D eigenvalue weighted by atomic mass is 10.2. The van der Waals surface area contributed by atoms with Crippen molar-refractivity contribution in [3.8, 4) is 0 Å². The van der Waals surface area contributed by atoms with Crippen LogP contribution in [0.5, 0.6) is 0 Å². The van der Waals surface area contributed by atoms with Gasteiger partial charge in [-0.3, -0.25) is 0 Å². The molecule has 4 nitrogen and oxygen atoms in total. The average molecular weight is 415 g/mol. The molecule has 1 aliphatic carbocycles. The van der Waals surface area contributed by atoms with E-state index in [0.717, 1.165) is 34.5 Å². The zero-order chi connectivity index (χ0) is 15.5. The standard InChI is InChI=1S/C13H17F3IN3O/c1-2-18-12-10(17)11(8-3-4-8)19-9(20-12)5-6-21-7-13(14,15)16/h8H,2-7H2,1H3,(H,18,19,20). The number of anilines is 1. The van der Waals surface area contributed by atoms with Gasteiger partial charge in [0.25, 0.3) is 0 Å². The van der Waals surface area contributed by atoms with E-state index in [1.807, 2.05) is 6.92 Å². The summed E-state index contributed by atoms with van der Waals surface area (Å²) in [6, 6.07) is 0. The molecule has 0 unspecified atom stereocenters. The van der Waals surface area contributed by atoms with Crippen LogP contribution in [0.1, 0.15) is 37.2 Å². The van der Waals surface area contributed by atoms with Crippen LogP contribution in [0.25, 0.3) is 0 Å². The van der Waals surface area contributed by atoms with Gasteiger partial charge in [0.1, 0.15) is 18.2 Å². The van der Waals surface area contributed by atoms with Gasteiger partial charge in [0.15, 0.2) is 0 Å². The second kappa shape index (κ2) is 7.08. The predicted molar refractivity (Wildman–Crippen MR) is 81.5 cm³/mol. The first-order chi connectivity index (χ1) is 9.90. The van der Waals surface area contributed by atoms with Crippen molar-refractivity contribution in [1.82, 2.24) is 9.97 Å². The third-order valence-electron chi connectivity index (χ3n) is 2.97. The van der Waals surface area contributed by atoms with Crippen LogP contribution in [0.2, 0.25) is 0 Å². The Hall–Kier alpha value is -0.640. The molecule has 1 aromatic heterocycles. The van der Waals surface area contributed by atoms with E-state index in [2.05, 4.69) is 42.6 Å². The van der Waals surface area contributed by atoms with Crippen molar-refractivity contribution in [2.24, 2.45) is 0 Å². The molecule has 1 aliphatic rings. The molecule has 0 aromatic carbocycles. The number of rotatable bonds is 7. The summed E-state index contributed by atoms with van der Waals surface area (Å²) >= 11 is 2.22. The van der Waals surface area contributed by atoms with Crippen LogP contribution in [0.4, 0.5) is 19.0 Å². The average Bonchev–Trinajstić information content (AvgIpc) is 3.21. The third-order valence-corrected chi connectivity index (χ3v) is 4.03. The van der Waals surface area contributed by atoms with E-state index < -0.39 is 12.8 Å². The van der Waals surface area contributed by atoms with Crippen molar-refractivity contribution < 1.29 is 17.9 Å². The van der Waals surface area contributed by atoms with Crippen molar-refractivity contribution in [2.75, 3.05) is 25.1 Å². The molecule has 1 N–H and O–H groups in total. The number of hydrogen-bond acceptors (Lipinski definition) is 4. The maximum absolute atomic E-state index is 12.0. The Morgan fingerprint density at radius 1 is 1.33 bits per heavy atom. The third kappa shape index (κ3) is 5.24. The Balaban J connectivity index is 2.01. The second-order valence-electron chi connectivity index (χ2n) is 4.91. The molecular weight excluding hydrogens is 398 g/mol. The molecule has 1 heterocycles. The lowest BCUT2D eigenvalue weighted by Gasteiger charge is -2.12. The summed E-state index contributed by atoms with van der Waals surface area (Å²) in [6.07, 6.45) is -1.78. The minimum Gasteiger partial charge on any atom is -0.372 e. The predicted octanol–water partition coefficient (Wildman–Crippen LogP) is 3.51. The monoisotopic (exact) mass is 415 g/mol. The smallest absolute Gasteiger partial charge is 0.372 e. The maximum Gasteiger partial charge on any atom is 0.411 e. The van der Waals surface area contributed by atoms with Crippen LogP contribution in [0, 0.1) is 3.57 Å². The van der Waals surface area contributed by atoms with Crippen molar-refractivity contribution >= 4 is 28.4 Å². The highest BCUT2D eigenvalue weighted by Gasteiger charge is 2.30. The summed E-state index contributed by atoms with van der Waals surface area (Å²) in [7, 11) is 0. The van der Waals surface area contributed by atoms with Gasteiger partial charge in [-0.15, -0.1) is 0 Å². The van der Waals surface area contributed by atoms with Crippen LogP contribution >= 0.6 is 22.6 Å². The molecule has 1 aromatic rings. The molecule has 21 heavy (non-hydrogen) atoms. The fourth-order valence-electron chi connectivity index (χ4n) is 1.89. The fourth-order valence-corrected chi connectivity index (χ4v) is 2.76. The largest absolute Gasteiger partial charge is 0.411 e. The summed E-state index contributed by atoms with van der Waals surface area (Å²) < 4.78 is 41.7. The van der Waals surface area contributed by atoms with Crippen molar-refractivity contribution in [1.29, 1.82) is 0 Å². The van der Waals surface area contributed by atoms with Gasteiger partial charge >= 0.3 is 6.18 Å². The van der Waals surface area contributed by atoms with E-state index in [0.29, 0.717) is 11.7 Å². The quantitative estimate of drug-likeness (QED) is 0.547. The van der Waals surface area contributed by atoms with Crippen LogP contribution in [-0.2, 0) is 11.2 Å². The van der Waals surface area contributed by atoms with Gasteiger partial charge in [-0.1, -0.05) is 0 Å². The molecule has 0 bridgehead atoms. The topological polar surface area (TPSA) is 47.0 Å². The van der Waals surface area contributed by atoms with Crippen LogP contribution in [-0.4, -0.2) is 35.9 Å². The molecule has 0 spiro atoms. The van der Waals surface area contributed by atoms with Crippen LogP contribution in [0.15, 0.2) is 0 Å². The molecular formula is C13H17F3IN3O. The minimum absolute atomic E-state index is 0.0320. The second-order valence-corrected chi connectivity index (χ2v) is 5.99. The highest BCUT2D eigenvalue weighted by atomic mass is 127. The fraction of sp³-hybridized carbons (Fsp3) is 0.692. The van der Waals surface area contributed by atoms with Crippen molar-refractivity contribution in [2.45, 2.75) is 38.3 Å². The lowest BCUT2D eigenvalue weighted by Crippen LogP contribution is -2.18. The number of aromatic nitrogens is 2. The van der Waals surface area contributed by atoms with Crippen molar-refractivity contribution in [3.63, 3.8) is 0 Å². The van der Waals surface area contributed by atoms with Gasteiger partial charge in [-0.2, -0.15) is 13.2 Å². The zero-order valence-corrected chi connectivity index (χ0v) is 13.8. The summed E-state index contributed by atoms with van der Waals surface area (Å²) in [5.74, 6) is 1.77. The van der Waals surface area contributed by atoms with Gasteiger partial charge < -0.3 is 10.1 Å². The molecule has 118 valence electrons. The first kappa shape index (κ1) is 16.7. The van der Waals surface area contributed by atoms with E-state index in [1.54, 1.807) is 0 Å². The van der Waals surface area contributed by atoms with Crippen LogP contribution in [0.3, 0.4) is 0 Å². The molecule has 1 fully saturated rings. The highest BCUT2D eigenvalue weighted by molar-refractivity contribution is 14.1.